The van der Waals surface area contributed by atoms with Gasteiger partial charge in [-0.15, -0.1) is 0 Å². The van der Waals surface area contributed by atoms with Gasteiger partial charge in [-0.25, -0.2) is 13.6 Å². The highest BCUT2D eigenvalue weighted by Crippen LogP contribution is 2.18. The van der Waals surface area contributed by atoms with Crippen molar-refractivity contribution in [2.75, 3.05) is 11.9 Å². The summed E-state index contributed by atoms with van der Waals surface area (Å²) in [6.07, 6.45) is 0. The van der Waals surface area contributed by atoms with Gasteiger partial charge in [0, 0.05) is 0 Å². The Labute approximate surface area is 120 Å². The van der Waals surface area contributed by atoms with E-state index in [1.54, 1.807) is 30.3 Å². The number of rotatable bonds is 4. The summed E-state index contributed by atoms with van der Waals surface area (Å²) in [5.74, 6) is -1.74. The van der Waals surface area contributed by atoms with Crippen LogP contribution in [0.1, 0.15) is 11.6 Å². The molecule has 4 nitrogen and oxygen atoms in total. The van der Waals surface area contributed by atoms with Crippen LogP contribution < -0.4 is 10.6 Å². The Kier molecular flexibility index (Phi) is 4.84. The van der Waals surface area contributed by atoms with E-state index < -0.39 is 29.4 Å². The van der Waals surface area contributed by atoms with Crippen molar-refractivity contribution in [3.05, 3.63) is 65.7 Å². The Morgan fingerprint density at radius 1 is 1.05 bits per heavy atom. The maximum absolute atomic E-state index is 13.4. The molecule has 0 aromatic heterocycles. The van der Waals surface area contributed by atoms with Gasteiger partial charge in [-0.05, 0) is 17.7 Å². The minimum atomic E-state index is -0.870. The van der Waals surface area contributed by atoms with E-state index >= 15 is 0 Å². The summed E-state index contributed by atoms with van der Waals surface area (Å²) in [4.78, 5) is 11.8. The molecule has 1 unspecified atom stereocenters. The third-order valence-corrected chi connectivity index (χ3v) is 2.89. The van der Waals surface area contributed by atoms with Crippen molar-refractivity contribution in [3.8, 4) is 0 Å². The van der Waals surface area contributed by atoms with Gasteiger partial charge in [0.15, 0.2) is 0 Å². The molecule has 2 aromatic rings. The number of para-hydroxylation sites is 1. The van der Waals surface area contributed by atoms with E-state index in [0.717, 1.165) is 12.1 Å². The van der Waals surface area contributed by atoms with Gasteiger partial charge in [-0.2, -0.15) is 0 Å². The van der Waals surface area contributed by atoms with Crippen molar-refractivity contribution in [3.63, 3.8) is 0 Å². The molecule has 0 fully saturated rings. The number of urea groups is 1. The summed E-state index contributed by atoms with van der Waals surface area (Å²) >= 11 is 0. The molecule has 2 amide bonds. The first kappa shape index (κ1) is 14.9. The smallest absolute Gasteiger partial charge is 0.319 e. The zero-order valence-corrected chi connectivity index (χ0v) is 11.0. The largest absolute Gasteiger partial charge is 0.394 e. The van der Waals surface area contributed by atoms with Crippen LogP contribution in [0, 0.1) is 11.6 Å². The molecule has 1 atom stereocenters. The molecule has 6 heteroatoms. The molecule has 21 heavy (non-hydrogen) atoms. The molecule has 0 aliphatic carbocycles. The number of carbonyl (C=O) groups excluding carboxylic acids is 1. The summed E-state index contributed by atoms with van der Waals surface area (Å²) < 4.78 is 26.8. The molecule has 0 saturated carbocycles. The number of aliphatic hydroxyl groups is 1. The first-order valence-corrected chi connectivity index (χ1v) is 6.29. The molecule has 0 saturated heterocycles. The zero-order chi connectivity index (χ0) is 15.2. The zero-order valence-electron chi connectivity index (χ0n) is 11.0. The summed E-state index contributed by atoms with van der Waals surface area (Å²) in [6.45, 7) is -0.336. The number of halogens is 2. The summed E-state index contributed by atoms with van der Waals surface area (Å²) in [6, 6.07) is 10.6. The van der Waals surface area contributed by atoms with E-state index in [2.05, 4.69) is 10.6 Å². The highest BCUT2D eigenvalue weighted by molar-refractivity contribution is 5.89. The third kappa shape index (κ3) is 3.76. The van der Waals surface area contributed by atoms with Crippen LogP contribution in [-0.2, 0) is 0 Å². The SMILES string of the molecule is O=C(Nc1c(F)cccc1F)NC(CO)c1ccccc1. The lowest BCUT2D eigenvalue weighted by atomic mass is 10.1. The first-order chi connectivity index (χ1) is 10.1. The van der Waals surface area contributed by atoms with Crippen LogP contribution in [0.2, 0.25) is 0 Å². The van der Waals surface area contributed by atoms with Gasteiger partial charge >= 0.3 is 6.03 Å². The minimum Gasteiger partial charge on any atom is -0.394 e. The second-order valence-electron chi connectivity index (χ2n) is 4.34. The Bertz CT molecular complexity index is 600. The molecular formula is C15H14F2N2O2. The predicted octanol–water partition coefficient (Wildman–Crippen LogP) is 2.82. The summed E-state index contributed by atoms with van der Waals surface area (Å²) in [7, 11) is 0. The van der Waals surface area contributed by atoms with Crippen LogP contribution in [0.4, 0.5) is 19.3 Å². The van der Waals surface area contributed by atoms with E-state index in [9.17, 15) is 18.7 Å². The first-order valence-electron chi connectivity index (χ1n) is 6.29. The van der Waals surface area contributed by atoms with Crippen LogP contribution in [0.25, 0.3) is 0 Å². The highest BCUT2D eigenvalue weighted by atomic mass is 19.1. The lowest BCUT2D eigenvalue weighted by molar-refractivity contribution is 0.225. The molecule has 0 radical (unpaired) electrons. The number of nitrogens with one attached hydrogen (secondary N) is 2. The molecule has 0 bridgehead atoms. The predicted molar refractivity (Wildman–Crippen MR) is 74.8 cm³/mol. The van der Waals surface area contributed by atoms with Crippen LogP contribution in [0.15, 0.2) is 48.5 Å². The van der Waals surface area contributed by atoms with Gasteiger partial charge in [0.2, 0.25) is 0 Å². The molecule has 0 spiro atoms. The highest BCUT2D eigenvalue weighted by Gasteiger charge is 2.16. The molecule has 2 rings (SSSR count). The quantitative estimate of drug-likeness (QED) is 0.811. The Hall–Kier alpha value is -2.47. The number of aliphatic hydroxyl groups excluding tert-OH is 1. The van der Waals surface area contributed by atoms with Crippen LogP contribution in [0.3, 0.4) is 0 Å². The van der Waals surface area contributed by atoms with Crippen molar-refractivity contribution >= 4 is 11.7 Å². The maximum atomic E-state index is 13.4. The Morgan fingerprint density at radius 2 is 1.67 bits per heavy atom. The molecule has 2 aromatic carbocycles. The number of hydrogen-bond acceptors (Lipinski definition) is 2. The number of benzene rings is 2. The number of carbonyl (C=O) groups is 1. The van der Waals surface area contributed by atoms with Crippen molar-refractivity contribution in [1.29, 1.82) is 0 Å². The third-order valence-electron chi connectivity index (χ3n) is 2.89. The van der Waals surface area contributed by atoms with Crippen LogP contribution in [0.5, 0.6) is 0 Å². The molecular weight excluding hydrogens is 278 g/mol. The fraction of sp³-hybridized carbons (Fsp3) is 0.133. The molecule has 3 N–H and O–H groups in total. The van der Waals surface area contributed by atoms with E-state index in [1.807, 2.05) is 0 Å². The van der Waals surface area contributed by atoms with Crippen molar-refractivity contribution < 1.29 is 18.7 Å². The van der Waals surface area contributed by atoms with E-state index in [4.69, 9.17) is 0 Å². The van der Waals surface area contributed by atoms with Crippen LogP contribution in [-0.4, -0.2) is 17.7 Å². The maximum Gasteiger partial charge on any atom is 0.319 e. The average Bonchev–Trinajstić information content (AvgIpc) is 2.49. The second kappa shape index (κ2) is 6.81. The van der Waals surface area contributed by atoms with Gasteiger partial charge in [-0.3, -0.25) is 0 Å². The number of amides is 2. The average molecular weight is 292 g/mol. The van der Waals surface area contributed by atoms with Crippen molar-refractivity contribution in [2.24, 2.45) is 0 Å². The van der Waals surface area contributed by atoms with Crippen molar-refractivity contribution in [1.82, 2.24) is 5.32 Å². The molecule has 0 heterocycles. The Morgan fingerprint density at radius 3 is 2.24 bits per heavy atom. The lowest BCUT2D eigenvalue weighted by Crippen LogP contribution is -2.34. The number of anilines is 1. The van der Waals surface area contributed by atoms with E-state index in [-0.39, 0.29) is 6.61 Å². The fourth-order valence-electron chi connectivity index (χ4n) is 1.84. The number of hydrogen-bond donors (Lipinski definition) is 3. The van der Waals surface area contributed by atoms with Gasteiger partial charge in [0.05, 0.1) is 12.6 Å². The normalized spacial score (nSPS) is 11.8. The van der Waals surface area contributed by atoms with E-state index in [1.165, 1.54) is 6.07 Å². The van der Waals surface area contributed by atoms with Crippen LogP contribution >= 0.6 is 0 Å². The monoisotopic (exact) mass is 292 g/mol. The van der Waals surface area contributed by atoms with E-state index in [0.29, 0.717) is 5.56 Å². The van der Waals surface area contributed by atoms with Gasteiger partial charge in [0.1, 0.15) is 17.3 Å². The van der Waals surface area contributed by atoms with Gasteiger partial charge in [-0.1, -0.05) is 36.4 Å². The Balaban J connectivity index is 2.07. The molecule has 110 valence electrons. The van der Waals surface area contributed by atoms with Gasteiger partial charge in [0.25, 0.3) is 0 Å². The lowest BCUT2D eigenvalue weighted by Gasteiger charge is -2.17. The summed E-state index contributed by atoms with van der Waals surface area (Å²) in [5, 5.41) is 13.9. The van der Waals surface area contributed by atoms with Gasteiger partial charge < -0.3 is 15.7 Å². The topological polar surface area (TPSA) is 61.4 Å². The second-order valence-corrected chi connectivity index (χ2v) is 4.34. The minimum absolute atomic E-state index is 0.336. The standard InChI is InChI=1S/C15H14F2N2O2/c16-11-7-4-8-12(17)14(11)19-15(21)18-13(9-20)10-5-2-1-3-6-10/h1-8,13,20H,9H2,(H2,18,19,21). The molecule has 0 aliphatic rings. The fourth-order valence-corrected chi connectivity index (χ4v) is 1.84. The van der Waals surface area contributed by atoms with Crippen molar-refractivity contribution in [2.45, 2.75) is 6.04 Å². The summed E-state index contributed by atoms with van der Waals surface area (Å²) in [5.41, 5.74) is 0.156. The molecule has 0 aliphatic heterocycles.